The van der Waals surface area contributed by atoms with Crippen molar-refractivity contribution in [2.24, 2.45) is 5.10 Å². The maximum atomic E-state index is 13.2. The van der Waals surface area contributed by atoms with Gasteiger partial charge in [-0.15, -0.1) is 0 Å². The van der Waals surface area contributed by atoms with Crippen molar-refractivity contribution in [2.75, 3.05) is 0 Å². The minimum atomic E-state index is -0.668. The Hall–Kier alpha value is -3.22. The van der Waals surface area contributed by atoms with Crippen LogP contribution in [0, 0.1) is 5.82 Å². The third kappa shape index (κ3) is 5.63. The van der Waals surface area contributed by atoms with Gasteiger partial charge in [0.1, 0.15) is 11.6 Å². The fraction of sp³-hybridized carbons (Fsp3) is 0. The second-order valence-electron chi connectivity index (χ2n) is 5.79. The van der Waals surface area contributed by atoms with Crippen molar-refractivity contribution in [3.05, 3.63) is 99.3 Å². The lowest BCUT2D eigenvalue weighted by molar-refractivity contribution is 0.0734. The minimum absolute atomic E-state index is 0.110. The number of ether oxygens (including phenoxy) is 1. The number of benzene rings is 3. The number of hydrogen-bond donors (Lipinski definition) is 1. The van der Waals surface area contributed by atoms with Gasteiger partial charge in [0.05, 0.1) is 22.4 Å². The van der Waals surface area contributed by atoms with Gasteiger partial charge in [-0.3, -0.25) is 4.79 Å². The number of amides is 1. The van der Waals surface area contributed by atoms with Gasteiger partial charge < -0.3 is 4.74 Å². The van der Waals surface area contributed by atoms with Crippen LogP contribution in [0.2, 0.25) is 10.0 Å². The van der Waals surface area contributed by atoms with Crippen molar-refractivity contribution in [1.82, 2.24) is 5.43 Å². The molecule has 0 fully saturated rings. The molecule has 29 heavy (non-hydrogen) atoms. The Bertz CT molecular complexity index is 1090. The maximum Gasteiger partial charge on any atom is 0.343 e. The van der Waals surface area contributed by atoms with E-state index in [4.69, 9.17) is 27.9 Å². The van der Waals surface area contributed by atoms with Crippen molar-refractivity contribution in [3.63, 3.8) is 0 Å². The predicted octanol–water partition coefficient (Wildman–Crippen LogP) is 5.12. The highest BCUT2D eigenvalue weighted by Gasteiger charge is 2.10. The van der Waals surface area contributed by atoms with Crippen molar-refractivity contribution in [3.8, 4) is 5.75 Å². The average molecular weight is 431 g/mol. The number of rotatable bonds is 5. The van der Waals surface area contributed by atoms with Crippen molar-refractivity contribution in [1.29, 1.82) is 0 Å². The van der Waals surface area contributed by atoms with Crippen molar-refractivity contribution in [2.45, 2.75) is 0 Å². The summed E-state index contributed by atoms with van der Waals surface area (Å²) in [6, 6.07) is 16.1. The van der Waals surface area contributed by atoms with Crippen molar-refractivity contribution >= 4 is 41.3 Å². The van der Waals surface area contributed by atoms with Gasteiger partial charge in [0.15, 0.2) is 0 Å². The molecule has 0 aromatic heterocycles. The Labute approximate surface area is 175 Å². The number of esters is 1. The lowest BCUT2D eigenvalue weighted by Gasteiger charge is -2.05. The molecule has 3 rings (SSSR count). The maximum absolute atomic E-state index is 13.2. The van der Waals surface area contributed by atoms with E-state index in [1.165, 1.54) is 36.5 Å². The molecule has 0 atom stereocenters. The van der Waals surface area contributed by atoms with E-state index in [1.807, 2.05) is 0 Å². The summed E-state index contributed by atoms with van der Waals surface area (Å²) in [5.74, 6) is -1.39. The van der Waals surface area contributed by atoms with Crippen LogP contribution in [0.3, 0.4) is 0 Å². The van der Waals surface area contributed by atoms with Crippen LogP contribution in [0.1, 0.15) is 26.3 Å². The molecule has 0 saturated carbocycles. The number of nitrogens with one attached hydrogen (secondary N) is 1. The second kappa shape index (κ2) is 9.32. The first-order valence-electron chi connectivity index (χ1n) is 8.28. The SMILES string of the molecule is O=C(Oc1ccc(/C=N\NC(=O)c2ccc(Cl)cc2Cl)cc1)c1cccc(F)c1. The van der Waals surface area contributed by atoms with E-state index in [0.717, 1.165) is 6.07 Å². The molecule has 0 saturated heterocycles. The summed E-state index contributed by atoms with van der Waals surface area (Å²) in [4.78, 5) is 24.1. The van der Waals surface area contributed by atoms with E-state index in [0.29, 0.717) is 10.6 Å². The summed E-state index contributed by atoms with van der Waals surface area (Å²) < 4.78 is 18.4. The Morgan fingerprint density at radius 1 is 1.00 bits per heavy atom. The highest BCUT2D eigenvalue weighted by atomic mass is 35.5. The topological polar surface area (TPSA) is 67.8 Å². The molecule has 0 aliphatic rings. The van der Waals surface area contributed by atoms with Crippen LogP contribution >= 0.6 is 23.2 Å². The first kappa shape index (κ1) is 20.5. The summed E-state index contributed by atoms with van der Waals surface area (Å²) in [7, 11) is 0. The molecule has 0 bridgehead atoms. The van der Waals surface area contributed by atoms with Gasteiger partial charge in [-0.2, -0.15) is 5.10 Å². The number of halogens is 3. The Kier molecular flexibility index (Phi) is 6.59. The number of carbonyl (C=O) groups is 2. The van der Waals surface area contributed by atoms with Crippen LogP contribution in [-0.4, -0.2) is 18.1 Å². The number of nitrogens with zero attached hydrogens (tertiary/aromatic N) is 1. The zero-order valence-corrected chi connectivity index (χ0v) is 16.2. The second-order valence-corrected chi connectivity index (χ2v) is 6.64. The molecular formula is C21H13Cl2FN2O3. The minimum Gasteiger partial charge on any atom is -0.423 e. The van der Waals surface area contributed by atoms with Gasteiger partial charge in [-0.05, 0) is 66.2 Å². The zero-order valence-electron chi connectivity index (χ0n) is 14.7. The van der Waals surface area contributed by atoms with E-state index < -0.39 is 17.7 Å². The molecule has 0 radical (unpaired) electrons. The Morgan fingerprint density at radius 2 is 1.76 bits per heavy atom. The van der Waals surface area contributed by atoms with Crippen LogP contribution in [0.25, 0.3) is 0 Å². The van der Waals surface area contributed by atoms with Crippen LogP contribution in [0.15, 0.2) is 71.8 Å². The lowest BCUT2D eigenvalue weighted by atomic mass is 10.2. The predicted molar refractivity (Wildman–Crippen MR) is 109 cm³/mol. The van der Waals surface area contributed by atoms with Gasteiger partial charge in [0.25, 0.3) is 5.91 Å². The Morgan fingerprint density at radius 3 is 2.45 bits per heavy atom. The lowest BCUT2D eigenvalue weighted by Crippen LogP contribution is -2.18. The average Bonchev–Trinajstić information content (AvgIpc) is 2.69. The third-order valence-corrected chi connectivity index (χ3v) is 4.25. The summed E-state index contributed by atoms with van der Waals surface area (Å²) in [5.41, 5.74) is 3.37. The van der Waals surface area contributed by atoms with Gasteiger partial charge in [-0.1, -0.05) is 29.3 Å². The van der Waals surface area contributed by atoms with E-state index >= 15 is 0 Å². The molecule has 3 aromatic carbocycles. The zero-order chi connectivity index (χ0) is 20.8. The number of carbonyl (C=O) groups excluding carboxylic acids is 2. The largest absolute Gasteiger partial charge is 0.423 e. The van der Waals surface area contributed by atoms with Crippen LogP contribution in [-0.2, 0) is 0 Å². The van der Waals surface area contributed by atoms with E-state index in [9.17, 15) is 14.0 Å². The fourth-order valence-electron chi connectivity index (χ4n) is 2.30. The molecule has 146 valence electrons. The Balaban J connectivity index is 1.58. The quantitative estimate of drug-likeness (QED) is 0.264. The molecule has 5 nitrogen and oxygen atoms in total. The normalized spacial score (nSPS) is 10.7. The molecule has 0 unspecified atom stereocenters. The van der Waals surface area contributed by atoms with Crippen molar-refractivity contribution < 1.29 is 18.7 Å². The van der Waals surface area contributed by atoms with Crippen LogP contribution < -0.4 is 10.2 Å². The molecular weight excluding hydrogens is 418 g/mol. The third-order valence-electron chi connectivity index (χ3n) is 3.71. The van der Waals surface area contributed by atoms with E-state index in [2.05, 4.69) is 10.5 Å². The van der Waals surface area contributed by atoms with E-state index in [1.54, 1.807) is 30.3 Å². The summed E-state index contributed by atoms with van der Waals surface area (Å²) in [6.07, 6.45) is 1.42. The van der Waals surface area contributed by atoms with Crippen LogP contribution in [0.5, 0.6) is 5.75 Å². The summed E-state index contributed by atoms with van der Waals surface area (Å²) in [5, 5.41) is 4.51. The highest BCUT2D eigenvalue weighted by molar-refractivity contribution is 6.36. The smallest absolute Gasteiger partial charge is 0.343 e. The van der Waals surface area contributed by atoms with Gasteiger partial charge >= 0.3 is 5.97 Å². The van der Waals surface area contributed by atoms with Gasteiger partial charge in [0.2, 0.25) is 0 Å². The monoisotopic (exact) mass is 430 g/mol. The number of hydrazone groups is 1. The van der Waals surface area contributed by atoms with Gasteiger partial charge in [-0.25, -0.2) is 14.6 Å². The van der Waals surface area contributed by atoms with E-state index in [-0.39, 0.29) is 21.9 Å². The van der Waals surface area contributed by atoms with Gasteiger partial charge in [0, 0.05) is 5.02 Å². The molecule has 0 spiro atoms. The molecule has 0 aliphatic carbocycles. The first-order chi connectivity index (χ1) is 13.9. The molecule has 1 N–H and O–H groups in total. The molecule has 3 aromatic rings. The molecule has 0 aliphatic heterocycles. The summed E-state index contributed by atoms with van der Waals surface area (Å²) in [6.45, 7) is 0. The summed E-state index contributed by atoms with van der Waals surface area (Å²) >= 11 is 11.8. The molecule has 1 amide bonds. The first-order valence-corrected chi connectivity index (χ1v) is 9.04. The highest BCUT2D eigenvalue weighted by Crippen LogP contribution is 2.20. The standard InChI is InChI=1S/C21H13Cl2FN2O3/c22-15-6-9-18(19(23)11-15)20(27)26-25-12-13-4-7-17(8-5-13)29-21(28)14-2-1-3-16(24)10-14/h1-12H,(H,26,27)/b25-12-. The number of hydrogen-bond acceptors (Lipinski definition) is 4. The van der Waals surface area contributed by atoms with Crippen LogP contribution in [0.4, 0.5) is 4.39 Å². The molecule has 8 heteroatoms. The molecule has 0 heterocycles. The fourth-order valence-corrected chi connectivity index (χ4v) is 2.80.